The molecule has 2 aromatic heterocycles. The first-order valence-electron chi connectivity index (χ1n) is 8.40. The fourth-order valence-corrected chi connectivity index (χ4v) is 3.54. The van der Waals surface area contributed by atoms with Crippen molar-refractivity contribution >= 4 is 28.6 Å². The van der Waals surface area contributed by atoms with E-state index in [-0.39, 0.29) is 11.8 Å². The Morgan fingerprint density at radius 3 is 2.88 bits per heavy atom. The normalized spacial score (nSPS) is 17.8. The molecule has 1 atom stereocenters. The summed E-state index contributed by atoms with van der Waals surface area (Å²) in [7, 11) is 0. The lowest BCUT2D eigenvalue weighted by Gasteiger charge is -2.31. The number of likely N-dealkylation sites (tertiary alicyclic amines) is 1. The number of nitrogens with zero attached hydrogens (tertiary/aromatic N) is 3. The Morgan fingerprint density at radius 2 is 2.08 bits per heavy atom. The number of hydrogen-bond acceptors (Lipinski definition) is 4. The van der Waals surface area contributed by atoms with Crippen LogP contribution in [0.3, 0.4) is 0 Å². The number of benzene rings is 1. The zero-order valence-corrected chi connectivity index (χ0v) is 14.7. The molecule has 1 saturated heterocycles. The molecule has 1 unspecified atom stereocenters. The number of aromatic nitrogens is 2. The summed E-state index contributed by atoms with van der Waals surface area (Å²) >= 11 is 5.89. The molecule has 1 aromatic carbocycles. The average Bonchev–Trinajstić information content (AvgIpc) is 3.05. The first-order chi connectivity index (χ1) is 12.1. The lowest BCUT2D eigenvalue weighted by atomic mass is 9.97. The molecule has 1 aliphatic heterocycles. The number of halogens is 1. The van der Waals surface area contributed by atoms with E-state index in [1.54, 1.807) is 19.1 Å². The number of carbonyl (C=O) groups excluding carboxylic acids is 1. The summed E-state index contributed by atoms with van der Waals surface area (Å²) < 4.78 is 5.90. The second-order valence-electron chi connectivity index (χ2n) is 6.38. The van der Waals surface area contributed by atoms with Crippen molar-refractivity contribution in [3.05, 3.63) is 58.7 Å². The van der Waals surface area contributed by atoms with Gasteiger partial charge in [-0.3, -0.25) is 4.79 Å². The second-order valence-corrected chi connectivity index (χ2v) is 6.76. The predicted molar refractivity (Wildman–Crippen MR) is 95.9 cm³/mol. The zero-order chi connectivity index (χ0) is 17.4. The molecule has 4 rings (SSSR count). The summed E-state index contributed by atoms with van der Waals surface area (Å²) in [6, 6.07) is 11.1. The van der Waals surface area contributed by atoms with Gasteiger partial charge in [-0.05, 0) is 44.0 Å². The van der Waals surface area contributed by atoms with Crippen LogP contribution in [0.1, 0.15) is 40.7 Å². The Bertz CT molecular complexity index is 904. The fourth-order valence-electron chi connectivity index (χ4n) is 3.35. The number of para-hydroxylation sites is 2. The van der Waals surface area contributed by atoms with Crippen LogP contribution in [0, 0.1) is 6.92 Å². The highest BCUT2D eigenvalue weighted by molar-refractivity contribution is 6.29. The van der Waals surface area contributed by atoms with Crippen LogP contribution in [0.5, 0.6) is 0 Å². The fraction of sp³-hybridized carbons (Fsp3) is 0.316. The topological polar surface area (TPSA) is 59.2 Å². The molecule has 128 valence electrons. The summed E-state index contributed by atoms with van der Waals surface area (Å²) in [4.78, 5) is 23.5. The molecule has 0 radical (unpaired) electrons. The van der Waals surface area contributed by atoms with Crippen molar-refractivity contribution in [3.63, 3.8) is 0 Å². The first-order valence-corrected chi connectivity index (χ1v) is 8.77. The molecular formula is C19H18ClN3O2. The molecule has 1 amide bonds. The van der Waals surface area contributed by atoms with Gasteiger partial charge in [0.05, 0.1) is 17.2 Å². The molecule has 0 saturated carbocycles. The highest BCUT2D eigenvalue weighted by Crippen LogP contribution is 2.30. The average molecular weight is 356 g/mol. The van der Waals surface area contributed by atoms with Crippen LogP contribution < -0.4 is 0 Å². The number of pyridine rings is 1. The SMILES string of the molecule is Cc1nc(Cl)ccc1C(=O)N1CCCC(c2nc3ccccc3o2)C1. The largest absolute Gasteiger partial charge is 0.440 e. The summed E-state index contributed by atoms with van der Waals surface area (Å²) in [6.07, 6.45) is 1.89. The minimum atomic E-state index is -0.0116. The van der Waals surface area contributed by atoms with Gasteiger partial charge in [0.15, 0.2) is 11.5 Å². The van der Waals surface area contributed by atoms with Crippen LogP contribution in [-0.2, 0) is 0 Å². The molecule has 3 aromatic rings. The van der Waals surface area contributed by atoms with Gasteiger partial charge in [-0.1, -0.05) is 23.7 Å². The number of fused-ring (bicyclic) bond motifs is 1. The molecule has 25 heavy (non-hydrogen) atoms. The van der Waals surface area contributed by atoms with Gasteiger partial charge < -0.3 is 9.32 Å². The molecule has 0 bridgehead atoms. The third kappa shape index (κ3) is 3.12. The smallest absolute Gasteiger partial charge is 0.255 e. The maximum Gasteiger partial charge on any atom is 0.255 e. The number of oxazole rings is 1. The summed E-state index contributed by atoms with van der Waals surface area (Å²) in [5.41, 5.74) is 2.90. The van der Waals surface area contributed by atoms with E-state index < -0.39 is 0 Å². The minimum Gasteiger partial charge on any atom is -0.440 e. The van der Waals surface area contributed by atoms with Crippen LogP contribution in [-0.4, -0.2) is 33.9 Å². The van der Waals surface area contributed by atoms with Crippen molar-refractivity contribution in [3.8, 4) is 0 Å². The lowest BCUT2D eigenvalue weighted by molar-refractivity contribution is 0.0697. The Kier molecular flexibility index (Phi) is 4.17. The van der Waals surface area contributed by atoms with Crippen molar-refractivity contribution in [2.45, 2.75) is 25.7 Å². The van der Waals surface area contributed by atoms with E-state index in [2.05, 4.69) is 9.97 Å². The van der Waals surface area contributed by atoms with Crippen LogP contribution in [0.15, 0.2) is 40.8 Å². The van der Waals surface area contributed by atoms with Crippen molar-refractivity contribution in [1.29, 1.82) is 0 Å². The minimum absolute atomic E-state index is 0.0116. The number of aryl methyl sites for hydroxylation is 1. The van der Waals surface area contributed by atoms with Gasteiger partial charge in [0, 0.05) is 13.1 Å². The molecule has 5 nitrogen and oxygen atoms in total. The van der Waals surface area contributed by atoms with Crippen molar-refractivity contribution < 1.29 is 9.21 Å². The molecule has 3 heterocycles. The molecule has 6 heteroatoms. The maximum atomic E-state index is 12.9. The predicted octanol–water partition coefficient (Wildman–Crippen LogP) is 4.20. The first kappa shape index (κ1) is 16.1. The summed E-state index contributed by atoms with van der Waals surface area (Å²) in [5.74, 6) is 0.817. The highest BCUT2D eigenvalue weighted by atomic mass is 35.5. The Morgan fingerprint density at radius 1 is 1.24 bits per heavy atom. The third-order valence-electron chi connectivity index (χ3n) is 4.65. The summed E-state index contributed by atoms with van der Waals surface area (Å²) in [6.45, 7) is 3.15. The second kappa shape index (κ2) is 6.48. The van der Waals surface area contributed by atoms with Gasteiger partial charge in [-0.15, -0.1) is 0 Å². The van der Waals surface area contributed by atoms with Gasteiger partial charge in [0.25, 0.3) is 5.91 Å². The van der Waals surface area contributed by atoms with E-state index in [1.807, 2.05) is 29.2 Å². The van der Waals surface area contributed by atoms with E-state index in [9.17, 15) is 4.79 Å². The lowest BCUT2D eigenvalue weighted by Crippen LogP contribution is -2.39. The van der Waals surface area contributed by atoms with Gasteiger partial charge >= 0.3 is 0 Å². The van der Waals surface area contributed by atoms with Crippen molar-refractivity contribution in [1.82, 2.24) is 14.9 Å². The Labute approximate surface area is 150 Å². The van der Waals surface area contributed by atoms with Crippen LogP contribution in [0.2, 0.25) is 5.15 Å². The van der Waals surface area contributed by atoms with E-state index in [0.717, 1.165) is 30.5 Å². The summed E-state index contributed by atoms with van der Waals surface area (Å²) in [5, 5.41) is 0.400. The quantitative estimate of drug-likeness (QED) is 0.646. The third-order valence-corrected chi connectivity index (χ3v) is 4.86. The molecule has 0 N–H and O–H groups in total. The van der Waals surface area contributed by atoms with Crippen molar-refractivity contribution in [2.24, 2.45) is 0 Å². The zero-order valence-electron chi connectivity index (χ0n) is 13.9. The van der Waals surface area contributed by atoms with Crippen LogP contribution >= 0.6 is 11.6 Å². The Balaban J connectivity index is 1.57. The number of rotatable bonds is 2. The van der Waals surface area contributed by atoms with Gasteiger partial charge in [0.2, 0.25) is 0 Å². The Hall–Kier alpha value is -2.40. The number of piperidine rings is 1. The molecule has 0 aliphatic carbocycles. The van der Waals surface area contributed by atoms with E-state index in [1.165, 1.54) is 0 Å². The molecule has 0 spiro atoms. The maximum absolute atomic E-state index is 12.9. The van der Waals surface area contributed by atoms with Crippen molar-refractivity contribution in [2.75, 3.05) is 13.1 Å². The molecule has 1 fully saturated rings. The highest BCUT2D eigenvalue weighted by Gasteiger charge is 2.29. The van der Waals surface area contributed by atoms with Crippen LogP contribution in [0.4, 0.5) is 0 Å². The number of hydrogen-bond donors (Lipinski definition) is 0. The molecule has 1 aliphatic rings. The van der Waals surface area contributed by atoms with E-state index in [4.69, 9.17) is 16.0 Å². The standard InChI is InChI=1S/C19H18ClN3O2/c1-12-14(8-9-17(20)21-12)19(24)23-10-4-5-13(11-23)18-22-15-6-2-3-7-16(15)25-18/h2-3,6-9,13H,4-5,10-11H2,1H3. The van der Waals surface area contributed by atoms with Gasteiger partial charge in [-0.2, -0.15) is 0 Å². The van der Waals surface area contributed by atoms with Gasteiger partial charge in [-0.25, -0.2) is 9.97 Å². The van der Waals surface area contributed by atoms with Gasteiger partial charge in [0.1, 0.15) is 10.7 Å². The van der Waals surface area contributed by atoms with E-state index >= 15 is 0 Å². The molecular weight excluding hydrogens is 338 g/mol. The number of carbonyl (C=O) groups is 1. The van der Waals surface area contributed by atoms with E-state index in [0.29, 0.717) is 28.8 Å². The van der Waals surface area contributed by atoms with Crippen LogP contribution in [0.25, 0.3) is 11.1 Å². The monoisotopic (exact) mass is 355 g/mol. The number of amides is 1.